The van der Waals surface area contributed by atoms with E-state index in [2.05, 4.69) is 5.32 Å². The molecule has 182 valence electrons. The molecule has 4 rings (SSSR count). The van der Waals surface area contributed by atoms with Crippen LogP contribution < -0.4 is 15.0 Å². The van der Waals surface area contributed by atoms with Crippen LogP contribution in [0.1, 0.15) is 12.5 Å². The molecule has 0 bridgehead atoms. The Morgan fingerprint density at radius 3 is 2.47 bits per heavy atom. The molecule has 1 unspecified atom stereocenters. The van der Waals surface area contributed by atoms with E-state index >= 15 is 0 Å². The third kappa shape index (κ3) is 5.52. The van der Waals surface area contributed by atoms with Gasteiger partial charge in [-0.25, -0.2) is 0 Å². The zero-order valence-electron chi connectivity index (χ0n) is 19.2. The first-order chi connectivity index (χ1) is 17.4. The Bertz CT molecular complexity index is 1350. The number of hydrogen-bond donors (Lipinski definition) is 1. The first-order valence-corrected chi connectivity index (χ1v) is 12.7. The summed E-state index contributed by atoms with van der Waals surface area (Å²) in [4.78, 5) is 28.2. The minimum atomic E-state index is -0.615. The normalized spacial score (nSPS) is 16.4. The van der Waals surface area contributed by atoms with Crippen molar-refractivity contribution in [1.29, 1.82) is 5.26 Å². The molecule has 0 spiro atoms. The lowest BCUT2D eigenvalue weighted by Crippen LogP contribution is -2.31. The third-order valence-corrected chi connectivity index (χ3v) is 7.50. The molecule has 36 heavy (non-hydrogen) atoms. The fourth-order valence-electron chi connectivity index (χ4n) is 3.70. The van der Waals surface area contributed by atoms with Crippen LogP contribution >= 0.6 is 35.0 Å². The van der Waals surface area contributed by atoms with Gasteiger partial charge in [-0.2, -0.15) is 5.26 Å². The number of thioether (sulfide) groups is 1. The number of carbonyl (C=O) groups is 2. The monoisotopic (exact) mass is 537 g/mol. The van der Waals surface area contributed by atoms with Crippen molar-refractivity contribution in [3.05, 3.63) is 99.0 Å². The number of carbonyl (C=O) groups excluding carboxylic acids is 2. The summed E-state index contributed by atoms with van der Waals surface area (Å²) in [6.07, 6.45) is 0.277. The molecule has 1 saturated heterocycles. The number of nitrogens with zero attached hydrogens (tertiary/aromatic N) is 2. The second-order valence-electron chi connectivity index (χ2n) is 7.74. The molecule has 3 aromatic rings. The molecule has 9 heteroatoms. The summed E-state index contributed by atoms with van der Waals surface area (Å²) in [6, 6.07) is 23.0. The molecule has 1 aliphatic rings. The van der Waals surface area contributed by atoms with Crippen molar-refractivity contribution in [1.82, 2.24) is 0 Å². The van der Waals surface area contributed by atoms with E-state index in [-0.39, 0.29) is 22.9 Å². The molecular weight excluding hydrogens is 517 g/mol. The van der Waals surface area contributed by atoms with Crippen molar-refractivity contribution in [2.45, 2.75) is 18.6 Å². The Labute approximate surface area is 223 Å². The lowest BCUT2D eigenvalue weighted by Gasteiger charge is -2.19. The van der Waals surface area contributed by atoms with Crippen LogP contribution in [-0.2, 0) is 16.0 Å². The lowest BCUT2D eigenvalue weighted by atomic mass is 10.1. The van der Waals surface area contributed by atoms with Gasteiger partial charge >= 0.3 is 0 Å². The Kier molecular flexibility index (Phi) is 8.21. The lowest BCUT2D eigenvalue weighted by molar-refractivity contribution is -0.117. The molecule has 0 radical (unpaired) electrons. The van der Waals surface area contributed by atoms with Gasteiger partial charge in [0.2, 0.25) is 5.91 Å². The summed E-state index contributed by atoms with van der Waals surface area (Å²) in [5, 5.41) is 13.1. The summed E-state index contributed by atoms with van der Waals surface area (Å²) < 4.78 is 5.51. The average Bonchev–Trinajstić information content (AvgIpc) is 3.19. The van der Waals surface area contributed by atoms with E-state index in [1.165, 1.54) is 4.90 Å². The molecule has 3 aromatic carbocycles. The molecule has 2 amide bonds. The average molecular weight is 538 g/mol. The fraction of sp³-hybridized carbons (Fsp3) is 0.148. The van der Waals surface area contributed by atoms with Gasteiger partial charge in [-0.1, -0.05) is 65.3 Å². The highest BCUT2D eigenvalue weighted by Crippen LogP contribution is 2.43. The minimum absolute atomic E-state index is 0.161. The number of rotatable bonds is 7. The first-order valence-electron chi connectivity index (χ1n) is 11.1. The molecule has 6 nitrogen and oxygen atoms in total. The molecule has 1 aliphatic heterocycles. The molecule has 0 aromatic heterocycles. The zero-order chi connectivity index (χ0) is 25.7. The van der Waals surface area contributed by atoms with Crippen LogP contribution in [0.3, 0.4) is 0 Å². The van der Waals surface area contributed by atoms with E-state index in [1.54, 1.807) is 66.7 Å². The van der Waals surface area contributed by atoms with E-state index in [4.69, 9.17) is 27.9 Å². The van der Waals surface area contributed by atoms with Gasteiger partial charge in [0.1, 0.15) is 22.4 Å². The Hall–Kier alpha value is -3.44. The van der Waals surface area contributed by atoms with Crippen LogP contribution in [0.15, 0.2) is 83.4 Å². The molecule has 0 saturated carbocycles. The molecule has 1 N–H and O–H groups in total. The van der Waals surface area contributed by atoms with Crippen LogP contribution in [-0.4, -0.2) is 23.7 Å². The number of ether oxygens (including phenoxy) is 1. The number of hydrogen-bond acceptors (Lipinski definition) is 5. The van der Waals surface area contributed by atoms with Crippen molar-refractivity contribution in [3.63, 3.8) is 0 Å². The van der Waals surface area contributed by atoms with Gasteiger partial charge in [0, 0.05) is 11.4 Å². The second-order valence-corrected chi connectivity index (χ2v) is 9.71. The topological polar surface area (TPSA) is 82.4 Å². The van der Waals surface area contributed by atoms with Gasteiger partial charge in [-0.05, 0) is 61.4 Å². The Morgan fingerprint density at radius 2 is 1.81 bits per heavy atom. The van der Waals surface area contributed by atoms with Crippen LogP contribution in [0.2, 0.25) is 10.0 Å². The van der Waals surface area contributed by atoms with Crippen LogP contribution in [0.5, 0.6) is 5.75 Å². The zero-order valence-corrected chi connectivity index (χ0v) is 21.5. The maximum absolute atomic E-state index is 13.7. The fourth-order valence-corrected chi connectivity index (χ4v) is 5.39. The number of anilines is 2. The number of nitrogens with one attached hydrogen (secondary N) is 1. The van der Waals surface area contributed by atoms with E-state index in [0.717, 1.165) is 11.8 Å². The number of para-hydroxylation sites is 1. The van der Waals surface area contributed by atoms with Gasteiger partial charge < -0.3 is 10.1 Å². The van der Waals surface area contributed by atoms with E-state index in [1.807, 2.05) is 19.1 Å². The highest BCUT2D eigenvalue weighted by Gasteiger charge is 2.41. The van der Waals surface area contributed by atoms with Crippen molar-refractivity contribution < 1.29 is 14.3 Å². The summed E-state index contributed by atoms with van der Waals surface area (Å²) in [6.45, 7) is 2.38. The Morgan fingerprint density at radius 1 is 1.08 bits per heavy atom. The van der Waals surface area contributed by atoms with Crippen molar-refractivity contribution >= 4 is 58.2 Å². The summed E-state index contributed by atoms with van der Waals surface area (Å²) >= 11 is 13.7. The van der Waals surface area contributed by atoms with E-state index < -0.39 is 11.2 Å². The number of benzene rings is 3. The van der Waals surface area contributed by atoms with Gasteiger partial charge in [-0.15, -0.1) is 0 Å². The number of amides is 2. The molecular formula is C27H21Cl2N3O3S. The molecule has 1 heterocycles. The van der Waals surface area contributed by atoms with Crippen LogP contribution in [0.25, 0.3) is 0 Å². The Balaban J connectivity index is 1.74. The van der Waals surface area contributed by atoms with Gasteiger partial charge in [-0.3, -0.25) is 14.5 Å². The smallest absolute Gasteiger partial charge is 0.269 e. The van der Waals surface area contributed by atoms with Crippen LogP contribution in [0.4, 0.5) is 11.4 Å². The van der Waals surface area contributed by atoms with Gasteiger partial charge in [0.15, 0.2) is 0 Å². The number of nitriles is 1. The first kappa shape index (κ1) is 25.6. The summed E-state index contributed by atoms with van der Waals surface area (Å²) in [7, 11) is 0. The summed E-state index contributed by atoms with van der Waals surface area (Å²) in [5.41, 5.74) is 1.60. The highest BCUT2D eigenvalue weighted by molar-refractivity contribution is 8.05. The maximum atomic E-state index is 13.7. The van der Waals surface area contributed by atoms with E-state index in [0.29, 0.717) is 39.3 Å². The standard InChI is InChI=1S/C27H21Cl2N3O3S/c1-2-35-20-13-11-19(12-14-20)32-26(34)23(15-17-7-6-10-22(28)24(17)29)36-27(32)21(16-30)25(33)31-18-8-4-3-5-9-18/h3-14,23H,2,15H2,1H3,(H,31,33)/b27-21-. The van der Waals surface area contributed by atoms with Crippen molar-refractivity contribution in [2.24, 2.45) is 0 Å². The van der Waals surface area contributed by atoms with Gasteiger partial charge in [0.25, 0.3) is 5.91 Å². The predicted molar refractivity (Wildman–Crippen MR) is 144 cm³/mol. The quantitative estimate of drug-likeness (QED) is 0.276. The second kappa shape index (κ2) is 11.5. The highest BCUT2D eigenvalue weighted by atomic mass is 35.5. The van der Waals surface area contributed by atoms with Crippen molar-refractivity contribution in [3.8, 4) is 11.8 Å². The van der Waals surface area contributed by atoms with Crippen molar-refractivity contribution in [2.75, 3.05) is 16.8 Å². The predicted octanol–water partition coefficient (Wildman–Crippen LogP) is 6.46. The van der Waals surface area contributed by atoms with Crippen LogP contribution in [0, 0.1) is 11.3 Å². The molecule has 0 aliphatic carbocycles. The van der Waals surface area contributed by atoms with E-state index in [9.17, 15) is 14.9 Å². The maximum Gasteiger partial charge on any atom is 0.269 e. The van der Waals surface area contributed by atoms with Gasteiger partial charge in [0.05, 0.1) is 21.9 Å². The third-order valence-electron chi connectivity index (χ3n) is 5.38. The molecule has 1 fully saturated rings. The molecule has 1 atom stereocenters. The largest absolute Gasteiger partial charge is 0.494 e. The minimum Gasteiger partial charge on any atom is -0.494 e. The summed E-state index contributed by atoms with van der Waals surface area (Å²) in [5.74, 6) is -0.220. The number of halogens is 2. The SMILES string of the molecule is CCOc1ccc(N2C(=O)C(Cc3cccc(Cl)c3Cl)S/C2=C(/C#N)C(=O)Nc2ccccc2)cc1.